The summed E-state index contributed by atoms with van der Waals surface area (Å²) in [4.78, 5) is 12.7. The van der Waals surface area contributed by atoms with E-state index in [1.807, 2.05) is 6.07 Å². The first-order valence-corrected chi connectivity index (χ1v) is 11.0. The Morgan fingerprint density at radius 3 is 2.52 bits per heavy atom. The van der Waals surface area contributed by atoms with Crippen LogP contribution < -0.4 is 15.1 Å². The van der Waals surface area contributed by atoms with E-state index in [-0.39, 0.29) is 6.61 Å². The third-order valence-electron chi connectivity index (χ3n) is 3.94. The Morgan fingerprint density at radius 2 is 1.93 bits per heavy atom. The van der Waals surface area contributed by atoms with Gasteiger partial charge >= 0.3 is 0 Å². The monoisotopic (exact) mass is 419 g/mol. The molecule has 29 heavy (non-hydrogen) atoms. The van der Waals surface area contributed by atoms with E-state index < -0.39 is 5.60 Å². The highest BCUT2D eigenvalue weighted by Crippen LogP contribution is 2.22. The number of ether oxygens (including phenoxy) is 1. The highest BCUT2D eigenvalue weighted by atomic mass is 32.1. The van der Waals surface area contributed by atoms with Gasteiger partial charge in [-0.1, -0.05) is 20.8 Å². The maximum atomic E-state index is 9.97. The van der Waals surface area contributed by atoms with E-state index in [2.05, 4.69) is 52.2 Å². The van der Waals surface area contributed by atoms with Crippen LogP contribution >= 0.6 is 11.3 Å². The van der Waals surface area contributed by atoms with E-state index in [0.717, 1.165) is 37.4 Å². The Bertz CT molecular complexity index is 780. The van der Waals surface area contributed by atoms with Crippen molar-refractivity contribution in [2.75, 3.05) is 30.0 Å². The van der Waals surface area contributed by atoms with Crippen LogP contribution in [0.25, 0.3) is 0 Å². The van der Waals surface area contributed by atoms with Crippen molar-refractivity contribution in [1.29, 1.82) is 0 Å². The van der Waals surface area contributed by atoms with Gasteiger partial charge in [-0.05, 0) is 45.2 Å². The zero-order valence-corrected chi connectivity index (χ0v) is 18.9. The van der Waals surface area contributed by atoms with Crippen LogP contribution in [0.15, 0.2) is 23.3 Å². The van der Waals surface area contributed by atoms with E-state index in [0.29, 0.717) is 17.5 Å². The number of thiophene rings is 1. The zero-order chi connectivity index (χ0) is 21.3. The smallest absolute Gasteiger partial charge is 0.229 e. The maximum absolute atomic E-state index is 9.97. The van der Waals surface area contributed by atoms with Crippen molar-refractivity contribution < 1.29 is 9.84 Å². The number of anilines is 2. The number of aliphatic hydroxyl groups is 1. The summed E-state index contributed by atoms with van der Waals surface area (Å²) in [5.74, 6) is 1.05. The first kappa shape index (κ1) is 23.1. The fraction of sp³-hybridized carbons (Fsp3) is 0.571. The van der Waals surface area contributed by atoms with E-state index in [4.69, 9.17) is 4.74 Å². The molecule has 2 aromatic rings. The molecule has 0 saturated heterocycles. The normalized spacial score (nSPS) is 11.8. The zero-order valence-electron chi connectivity index (χ0n) is 18.1. The molecule has 0 radical (unpaired) electrons. The third-order valence-corrected chi connectivity index (χ3v) is 5.07. The molecule has 7 nitrogen and oxygen atoms in total. The average Bonchev–Trinajstić information content (AvgIpc) is 3.13. The number of hydrogen-bond donors (Lipinski definition) is 2. The standard InChI is InChI=1S/C21H33N5O2S/c1-6-11-26(12-7-2)20-23-16(13-18(24-20)28-15-21(4,5)27)14-22-25-19-10-9-17(8-3)29-19/h9-10,13-14,25,27H,6-8,11-12,15H2,1-5H3/b22-14+. The summed E-state index contributed by atoms with van der Waals surface area (Å²) in [5.41, 5.74) is 2.77. The van der Waals surface area contributed by atoms with E-state index in [1.165, 1.54) is 4.88 Å². The van der Waals surface area contributed by atoms with E-state index in [9.17, 15) is 5.11 Å². The van der Waals surface area contributed by atoms with Crippen molar-refractivity contribution in [2.45, 2.75) is 59.5 Å². The first-order valence-electron chi connectivity index (χ1n) is 10.2. The van der Waals surface area contributed by atoms with Crippen LogP contribution in [0.3, 0.4) is 0 Å². The molecule has 0 aliphatic carbocycles. The van der Waals surface area contributed by atoms with Gasteiger partial charge in [0.05, 0.1) is 17.5 Å². The van der Waals surface area contributed by atoms with Crippen molar-refractivity contribution in [3.8, 4) is 5.88 Å². The summed E-state index contributed by atoms with van der Waals surface area (Å²) in [7, 11) is 0. The lowest BCUT2D eigenvalue weighted by molar-refractivity contribution is 0.0268. The van der Waals surface area contributed by atoms with Crippen LogP contribution in [0.2, 0.25) is 0 Å². The molecule has 0 amide bonds. The summed E-state index contributed by atoms with van der Waals surface area (Å²) in [6.07, 6.45) is 4.68. The van der Waals surface area contributed by atoms with Crippen molar-refractivity contribution in [1.82, 2.24) is 9.97 Å². The van der Waals surface area contributed by atoms with Gasteiger partial charge in [0.25, 0.3) is 0 Å². The maximum Gasteiger partial charge on any atom is 0.229 e. The molecule has 0 saturated carbocycles. The Kier molecular flexibility index (Phi) is 8.85. The molecule has 0 bridgehead atoms. The Labute approximate surface area is 177 Å². The van der Waals surface area contributed by atoms with Crippen LogP contribution in [-0.2, 0) is 6.42 Å². The molecule has 0 aliphatic heterocycles. The molecule has 160 valence electrons. The summed E-state index contributed by atoms with van der Waals surface area (Å²) in [6, 6.07) is 5.86. The molecule has 0 fully saturated rings. The quantitative estimate of drug-likeness (QED) is 0.394. The van der Waals surface area contributed by atoms with Gasteiger partial charge in [-0.25, -0.2) is 4.98 Å². The molecule has 2 N–H and O–H groups in total. The summed E-state index contributed by atoms with van der Waals surface area (Å²) in [6.45, 7) is 11.7. The minimum Gasteiger partial charge on any atom is -0.474 e. The van der Waals surface area contributed by atoms with Gasteiger partial charge in [0.1, 0.15) is 11.6 Å². The summed E-state index contributed by atoms with van der Waals surface area (Å²) < 4.78 is 5.73. The minimum absolute atomic E-state index is 0.148. The number of nitrogens with zero attached hydrogens (tertiary/aromatic N) is 4. The number of hydrazone groups is 1. The van der Waals surface area contributed by atoms with Crippen molar-refractivity contribution in [3.05, 3.63) is 28.8 Å². The lowest BCUT2D eigenvalue weighted by atomic mass is 10.2. The molecular formula is C21H33N5O2S. The highest BCUT2D eigenvalue weighted by Gasteiger charge is 2.16. The van der Waals surface area contributed by atoms with Crippen molar-refractivity contribution >= 4 is 28.5 Å². The molecule has 2 aromatic heterocycles. The molecule has 0 atom stereocenters. The fourth-order valence-corrected chi connectivity index (χ4v) is 3.40. The van der Waals surface area contributed by atoms with Crippen LogP contribution in [0.5, 0.6) is 5.88 Å². The predicted molar refractivity (Wildman–Crippen MR) is 122 cm³/mol. The predicted octanol–water partition coefficient (Wildman–Crippen LogP) is 4.32. The SMILES string of the molecule is CCCN(CCC)c1nc(/C=N/Nc2ccc(CC)s2)cc(OCC(C)(C)O)n1. The number of hydrogen-bond acceptors (Lipinski definition) is 8. The summed E-state index contributed by atoms with van der Waals surface area (Å²) in [5, 5.41) is 15.3. The Morgan fingerprint density at radius 1 is 1.21 bits per heavy atom. The lowest BCUT2D eigenvalue weighted by Crippen LogP contribution is -2.29. The largest absolute Gasteiger partial charge is 0.474 e. The Hall–Kier alpha value is -2.19. The molecule has 2 rings (SSSR count). The van der Waals surface area contributed by atoms with Crippen LogP contribution in [0.4, 0.5) is 10.9 Å². The van der Waals surface area contributed by atoms with Gasteiger partial charge in [0, 0.05) is 24.0 Å². The second kappa shape index (κ2) is 11.1. The molecule has 8 heteroatoms. The number of aromatic nitrogens is 2. The highest BCUT2D eigenvalue weighted by molar-refractivity contribution is 7.16. The van der Waals surface area contributed by atoms with Gasteiger partial charge in [0.2, 0.25) is 11.8 Å². The van der Waals surface area contributed by atoms with E-state index >= 15 is 0 Å². The minimum atomic E-state index is -0.941. The van der Waals surface area contributed by atoms with Crippen molar-refractivity contribution in [2.24, 2.45) is 5.10 Å². The molecule has 0 spiro atoms. The summed E-state index contributed by atoms with van der Waals surface area (Å²) >= 11 is 1.68. The number of aryl methyl sites for hydroxylation is 1. The third kappa shape index (κ3) is 7.98. The lowest BCUT2D eigenvalue weighted by Gasteiger charge is -2.23. The molecular weight excluding hydrogens is 386 g/mol. The topological polar surface area (TPSA) is 82.9 Å². The van der Waals surface area contributed by atoms with Crippen molar-refractivity contribution in [3.63, 3.8) is 0 Å². The number of rotatable bonds is 12. The molecule has 0 unspecified atom stereocenters. The van der Waals surface area contributed by atoms with Gasteiger partial charge in [0.15, 0.2) is 0 Å². The molecule has 0 aromatic carbocycles. The number of nitrogens with one attached hydrogen (secondary N) is 1. The van der Waals surface area contributed by atoms with Gasteiger partial charge in [-0.15, -0.1) is 11.3 Å². The Balaban J connectivity index is 2.22. The van der Waals surface area contributed by atoms with E-state index in [1.54, 1.807) is 37.5 Å². The second-order valence-corrected chi connectivity index (χ2v) is 8.68. The van der Waals surface area contributed by atoms with Gasteiger partial charge in [-0.3, -0.25) is 5.43 Å². The average molecular weight is 420 g/mol. The van der Waals surface area contributed by atoms with Crippen LogP contribution in [-0.4, -0.2) is 46.6 Å². The van der Waals surface area contributed by atoms with Crippen LogP contribution in [0, 0.1) is 0 Å². The second-order valence-electron chi connectivity index (χ2n) is 7.51. The van der Waals surface area contributed by atoms with Gasteiger partial charge in [-0.2, -0.15) is 10.1 Å². The molecule has 0 aliphatic rings. The van der Waals surface area contributed by atoms with Crippen LogP contribution in [0.1, 0.15) is 58.0 Å². The molecule has 2 heterocycles. The first-order chi connectivity index (χ1) is 13.8. The van der Waals surface area contributed by atoms with Gasteiger partial charge < -0.3 is 14.7 Å². The fourth-order valence-electron chi connectivity index (χ4n) is 2.60.